The first-order valence-corrected chi connectivity index (χ1v) is 8.10. The Balaban J connectivity index is 2.19. The van der Waals surface area contributed by atoms with Crippen molar-refractivity contribution in [3.05, 3.63) is 34.4 Å². The van der Waals surface area contributed by atoms with Crippen LogP contribution in [0.4, 0.5) is 16.2 Å². The fourth-order valence-electron chi connectivity index (χ4n) is 3.08. The highest BCUT2D eigenvalue weighted by Crippen LogP contribution is 2.31. The molecule has 1 aromatic carbocycles. The fourth-order valence-corrected chi connectivity index (χ4v) is 3.08. The van der Waals surface area contributed by atoms with E-state index in [1.54, 1.807) is 23.1 Å². The molecule has 1 aliphatic rings. The SMILES string of the molecule is CC1CN(c2ccccc2[N+](=O)[O-])CC(C)N1C(=O)OC(C)(C)C. The highest BCUT2D eigenvalue weighted by molar-refractivity contribution is 5.70. The van der Waals surface area contributed by atoms with Crippen LogP contribution in [-0.2, 0) is 4.74 Å². The summed E-state index contributed by atoms with van der Waals surface area (Å²) in [6.45, 7) is 10.4. The number of nitro groups is 1. The van der Waals surface area contributed by atoms with E-state index in [9.17, 15) is 14.9 Å². The second-order valence-electron chi connectivity index (χ2n) is 7.24. The van der Waals surface area contributed by atoms with Crippen LogP contribution in [0, 0.1) is 10.1 Å². The van der Waals surface area contributed by atoms with Crippen LogP contribution >= 0.6 is 0 Å². The van der Waals surface area contributed by atoms with Gasteiger partial charge in [-0.15, -0.1) is 0 Å². The zero-order valence-corrected chi connectivity index (χ0v) is 14.9. The number of piperazine rings is 1. The van der Waals surface area contributed by atoms with Gasteiger partial charge >= 0.3 is 6.09 Å². The number of carbonyl (C=O) groups is 1. The van der Waals surface area contributed by atoms with Crippen LogP contribution in [0.2, 0.25) is 0 Å². The topological polar surface area (TPSA) is 75.9 Å². The molecule has 132 valence electrons. The van der Waals surface area contributed by atoms with Crippen molar-refractivity contribution in [2.75, 3.05) is 18.0 Å². The Bertz CT molecular complexity index is 615. The maximum atomic E-state index is 12.4. The molecule has 1 heterocycles. The molecule has 0 N–H and O–H groups in total. The van der Waals surface area contributed by atoms with Gasteiger partial charge in [-0.3, -0.25) is 15.0 Å². The van der Waals surface area contributed by atoms with Crippen molar-refractivity contribution in [2.45, 2.75) is 52.3 Å². The van der Waals surface area contributed by atoms with Gasteiger partial charge in [-0.1, -0.05) is 12.1 Å². The second-order valence-corrected chi connectivity index (χ2v) is 7.24. The molecule has 1 aromatic rings. The number of nitro benzene ring substituents is 1. The van der Waals surface area contributed by atoms with Crippen LogP contribution in [0.25, 0.3) is 0 Å². The second kappa shape index (κ2) is 6.67. The highest BCUT2D eigenvalue weighted by Gasteiger charge is 2.36. The van der Waals surface area contributed by atoms with E-state index in [0.29, 0.717) is 18.8 Å². The predicted molar refractivity (Wildman–Crippen MR) is 92.3 cm³/mol. The van der Waals surface area contributed by atoms with Gasteiger partial charge in [0.05, 0.1) is 17.0 Å². The number of nitrogens with zero attached hydrogens (tertiary/aromatic N) is 3. The molecule has 0 saturated carbocycles. The summed E-state index contributed by atoms with van der Waals surface area (Å²) in [5.41, 5.74) is 0.124. The molecule has 7 heteroatoms. The molecule has 1 aliphatic heterocycles. The molecule has 0 radical (unpaired) electrons. The third kappa shape index (κ3) is 3.96. The normalized spacial score (nSPS) is 21.5. The van der Waals surface area contributed by atoms with Crippen molar-refractivity contribution in [3.8, 4) is 0 Å². The molecule has 0 aromatic heterocycles. The average Bonchev–Trinajstić information content (AvgIpc) is 2.44. The average molecular weight is 335 g/mol. The molecular formula is C17H25N3O4. The van der Waals surface area contributed by atoms with Crippen molar-refractivity contribution >= 4 is 17.5 Å². The van der Waals surface area contributed by atoms with Crippen molar-refractivity contribution in [2.24, 2.45) is 0 Å². The van der Waals surface area contributed by atoms with E-state index in [1.807, 2.05) is 39.5 Å². The molecule has 2 atom stereocenters. The molecule has 1 fully saturated rings. The standard InChI is InChI=1S/C17H25N3O4/c1-12-10-18(14-8-6-7-9-15(14)20(22)23)11-13(2)19(12)16(21)24-17(3,4)5/h6-9,12-13H,10-11H2,1-5H3. The summed E-state index contributed by atoms with van der Waals surface area (Å²) in [5.74, 6) is 0. The third-order valence-electron chi connectivity index (χ3n) is 3.94. The summed E-state index contributed by atoms with van der Waals surface area (Å²) in [5, 5.41) is 11.3. The third-order valence-corrected chi connectivity index (χ3v) is 3.94. The van der Waals surface area contributed by atoms with Gasteiger partial charge in [-0.25, -0.2) is 4.79 Å². The minimum Gasteiger partial charge on any atom is -0.444 e. The minimum absolute atomic E-state index is 0.0858. The van der Waals surface area contributed by atoms with Crippen LogP contribution < -0.4 is 4.90 Å². The summed E-state index contributed by atoms with van der Waals surface area (Å²) in [6, 6.07) is 6.49. The first-order chi connectivity index (χ1) is 11.1. The Labute approximate surface area is 142 Å². The van der Waals surface area contributed by atoms with Crippen LogP contribution in [0.1, 0.15) is 34.6 Å². The molecule has 0 aliphatic carbocycles. The maximum Gasteiger partial charge on any atom is 0.410 e. The van der Waals surface area contributed by atoms with Gasteiger partial charge in [0.15, 0.2) is 0 Å². The van der Waals surface area contributed by atoms with Gasteiger partial charge in [-0.2, -0.15) is 0 Å². The summed E-state index contributed by atoms with van der Waals surface area (Å²) in [7, 11) is 0. The van der Waals surface area contributed by atoms with Gasteiger partial charge < -0.3 is 9.64 Å². The number of amides is 1. The molecule has 1 saturated heterocycles. The lowest BCUT2D eigenvalue weighted by atomic mass is 10.1. The number of ether oxygens (including phenoxy) is 1. The van der Waals surface area contributed by atoms with E-state index < -0.39 is 5.60 Å². The number of hydrogen-bond acceptors (Lipinski definition) is 5. The van der Waals surface area contributed by atoms with Crippen LogP contribution in [-0.4, -0.2) is 46.7 Å². The Morgan fingerprint density at radius 1 is 1.21 bits per heavy atom. The highest BCUT2D eigenvalue weighted by atomic mass is 16.6. The predicted octanol–water partition coefficient (Wildman–Crippen LogP) is 3.43. The molecule has 7 nitrogen and oxygen atoms in total. The number of benzene rings is 1. The van der Waals surface area contributed by atoms with E-state index in [4.69, 9.17) is 4.74 Å². The first kappa shape index (κ1) is 18.0. The Hall–Kier alpha value is -2.31. The monoisotopic (exact) mass is 335 g/mol. The summed E-state index contributed by atoms with van der Waals surface area (Å²) >= 11 is 0. The molecule has 1 amide bonds. The Morgan fingerprint density at radius 3 is 2.25 bits per heavy atom. The zero-order valence-electron chi connectivity index (χ0n) is 14.9. The van der Waals surface area contributed by atoms with Crippen LogP contribution in [0.5, 0.6) is 0 Å². The molecule has 2 rings (SSSR count). The number of carbonyl (C=O) groups excluding carboxylic acids is 1. The largest absolute Gasteiger partial charge is 0.444 e. The van der Waals surface area contributed by atoms with Gasteiger partial charge in [0, 0.05) is 19.2 Å². The number of anilines is 1. The Morgan fingerprint density at radius 2 is 1.75 bits per heavy atom. The quantitative estimate of drug-likeness (QED) is 0.611. The minimum atomic E-state index is -0.550. The number of hydrogen-bond donors (Lipinski definition) is 0. The van der Waals surface area contributed by atoms with E-state index in [0.717, 1.165) is 0 Å². The van der Waals surface area contributed by atoms with Gasteiger partial charge in [0.1, 0.15) is 11.3 Å². The van der Waals surface area contributed by atoms with E-state index >= 15 is 0 Å². The lowest BCUT2D eigenvalue weighted by molar-refractivity contribution is -0.384. The molecule has 0 spiro atoms. The lowest BCUT2D eigenvalue weighted by Gasteiger charge is -2.45. The van der Waals surface area contributed by atoms with Crippen LogP contribution in [0.3, 0.4) is 0 Å². The molecular weight excluding hydrogens is 310 g/mol. The summed E-state index contributed by atoms with van der Waals surface area (Å²) in [6.07, 6.45) is -0.343. The van der Waals surface area contributed by atoms with Crippen molar-refractivity contribution < 1.29 is 14.5 Å². The van der Waals surface area contributed by atoms with Crippen molar-refractivity contribution in [3.63, 3.8) is 0 Å². The summed E-state index contributed by atoms with van der Waals surface area (Å²) < 4.78 is 5.48. The van der Waals surface area contributed by atoms with Crippen molar-refractivity contribution in [1.29, 1.82) is 0 Å². The Kier molecular flexibility index (Phi) is 5.01. The van der Waals surface area contributed by atoms with Gasteiger partial charge in [-0.05, 0) is 40.7 Å². The first-order valence-electron chi connectivity index (χ1n) is 8.10. The van der Waals surface area contributed by atoms with E-state index in [-0.39, 0.29) is 28.8 Å². The summed E-state index contributed by atoms with van der Waals surface area (Å²) in [4.78, 5) is 27.0. The molecule has 24 heavy (non-hydrogen) atoms. The van der Waals surface area contributed by atoms with Crippen molar-refractivity contribution in [1.82, 2.24) is 4.90 Å². The zero-order chi connectivity index (χ0) is 18.1. The van der Waals surface area contributed by atoms with E-state index in [1.165, 1.54) is 6.07 Å². The lowest BCUT2D eigenvalue weighted by Crippen LogP contribution is -2.59. The molecule has 0 bridgehead atoms. The number of rotatable bonds is 2. The number of para-hydroxylation sites is 2. The van der Waals surface area contributed by atoms with E-state index in [2.05, 4.69) is 0 Å². The molecule has 2 unspecified atom stereocenters. The smallest absolute Gasteiger partial charge is 0.410 e. The van der Waals surface area contributed by atoms with Gasteiger partial charge in [0.25, 0.3) is 5.69 Å². The fraction of sp³-hybridized carbons (Fsp3) is 0.588. The maximum absolute atomic E-state index is 12.4. The van der Waals surface area contributed by atoms with Gasteiger partial charge in [0.2, 0.25) is 0 Å². The van der Waals surface area contributed by atoms with Crippen LogP contribution in [0.15, 0.2) is 24.3 Å².